The third kappa shape index (κ3) is 6.24. The Balaban J connectivity index is 2.31. The molecule has 1 N–H and O–H groups in total. The van der Waals surface area contributed by atoms with E-state index in [0.29, 0.717) is 32.6 Å². The Morgan fingerprint density at radius 2 is 1.84 bits per heavy atom. The Hall–Kier alpha value is -0.820. The van der Waals surface area contributed by atoms with Crippen molar-refractivity contribution in [1.82, 2.24) is 15.1 Å². The number of hydrogen-bond donors (Lipinski definition) is 1. The van der Waals surface area contributed by atoms with E-state index in [1.54, 1.807) is 4.90 Å². The zero-order valence-electron chi connectivity index (χ0n) is 11.5. The lowest BCUT2D eigenvalue weighted by Gasteiger charge is -2.35. The van der Waals surface area contributed by atoms with E-state index in [-0.39, 0.29) is 11.9 Å². The maximum Gasteiger partial charge on any atom is 0.401 e. The molecule has 1 atom stereocenters. The molecule has 1 unspecified atom stereocenters. The molecule has 0 radical (unpaired) electrons. The maximum absolute atomic E-state index is 12.2. The predicted molar refractivity (Wildman–Crippen MR) is 66.8 cm³/mol. The van der Waals surface area contributed by atoms with Crippen molar-refractivity contribution in [2.45, 2.75) is 32.5 Å². The fourth-order valence-corrected chi connectivity index (χ4v) is 2.22. The first-order valence-corrected chi connectivity index (χ1v) is 6.62. The smallest absolute Gasteiger partial charge is 0.340 e. The molecule has 1 rings (SSSR count). The van der Waals surface area contributed by atoms with Gasteiger partial charge >= 0.3 is 6.18 Å². The first kappa shape index (κ1) is 16.2. The van der Waals surface area contributed by atoms with Crippen molar-refractivity contribution in [3.63, 3.8) is 0 Å². The summed E-state index contributed by atoms with van der Waals surface area (Å²) in [4.78, 5) is 14.9. The van der Waals surface area contributed by atoms with Gasteiger partial charge in [-0.05, 0) is 13.5 Å². The number of hydrogen-bond acceptors (Lipinski definition) is 3. The summed E-state index contributed by atoms with van der Waals surface area (Å²) in [7, 11) is 0. The Morgan fingerprint density at radius 1 is 1.26 bits per heavy atom. The molecule has 19 heavy (non-hydrogen) atoms. The highest BCUT2D eigenvalue weighted by Gasteiger charge is 2.32. The first-order chi connectivity index (χ1) is 8.81. The molecule has 1 heterocycles. The number of amides is 1. The van der Waals surface area contributed by atoms with Gasteiger partial charge < -0.3 is 10.2 Å². The van der Waals surface area contributed by atoms with E-state index >= 15 is 0 Å². The minimum absolute atomic E-state index is 0.0140. The van der Waals surface area contributed by atoms with E-state index in [1.807, 2.05) is 13.8 Å². The lowest BCUT2D eigenvalue weighted by atomic mass is 10.2. The molecular formula is C12H22F3N3O. The average Bonchev–Trinajstić information content (AvgIpc) is 2.27. The summed E-state index contributed by atoms with van der Waals surface area (Å²) in [6.45, 7) is 5.16. The fourth-order valence-electron chi connectivity index (χ4n) is 2.22. The van der Waals surface area contributed by atoms with E-state index in [4.69, 9.17) is 0 Å². The van der Waals surface area contributed by atoms with E-state index in [1.165, 1.54) is 4.90 Å². The quantitative estimate of drug-likeness (QED) is 0.819. The van der Waals surface area contributed by atoms with Crippen LogP contribution < -0.4 is 5.32 Å². The monoisotopic (exact) mass is 281 g/mol. The van der Waals surface area contributed by atoms with Gasteiger partial charge in [0.2, 0.25) is 5.91 Å². The van der Waals surface area contributed by atoms with Crippen LogP contribution in [0.1, 0.15) is 20.3 Å². The fraction of sp³-hybridized carbons (Fsp3) is 0.917. The third-order valence-electron chi connectivity index (χ3n) is 3.16. The SMILES string of the molecule is CCNC(C)CC(=O)N1CCN(CC(F)(F)F)CC1. The minimum atomic E-state index is -4.16. The number of nitrogens with zero attached hydrogens (tertiary/aromatic N) is 2. The molecule has 112 valence electrons. The molecule has 0 bridgehead atoms. The predicted octanol–water partition coefficient (Wildman–Crippen LogP) is 1.08. The van der Waals surface area contributed by atoms with Crippen molar-refractivity contribution < 1.29 is 18.0 Å². The number of halogens is 3. The van der Waals surface area contributed by atoms with Gasteiger partial charge in [-0.1, -0.05) is 6.92 Å². The summed E-state index contributed by atoms with van der Waals surface area (Å²) >= 11 is 0. The Morgan fingerprint density at radius 3 is 2.32 bits per heavy atom. The van der Waals surface area contributed by atoms with Gasteiger partial charge in [0, 0.05) is 38.6 Å². The molecule has 1 fully saturated rings. The second-order valence-electron chi connectivity index (χ2n) is 4.93. The highest BCUT2D eigenvalue weighted by molar-refractivity contribution is 5.76. The van der Waals surface area contributed by atoms with Crippen molar-refractivity contribution >= 4 is 5.91 Å². The number of carbonyl (C=O) groups is 1. The van der Waals surface area contributed by atoms with Gasteiger partial charge in [-0.15, -0.1) is 0 Å². The van der Waals surface area contributed by atoms with Gasteiger partial charge in [0.05, 0.1) is 6.54 Å². The van der Waals surface area contributed by atoms with Crippen LogP contribution in [0.2, 0.25) is 0 Å². The lowest BCUT2D eigenvalue weighted by Crippen LogP contribution is -2.51. The number of piperazine rings is 1. The molecule has 1 saturated heterocycles. The van der Waals surface area contributed by atoms with Crippen LogP contribution in [0.5, 0.6) is 0 Å². The summed E-state index contributed by atoms with van der Waals surface area (Å²) < 4.78 is 36.7. The second-order valence-corrected chi connectivity index (χ2v) is 4.93. The van der Waals surface area contributed by atoms with Gasteiger partial charge in [-0.2, -0.15) is 13.2 Å². The highest BCUT2D eigenvalue weighted by Crippen LogP contribution is 2.17. The zero-order valence-corrected chi connectivity index (χ0v) is 11.5. The van der Waals surface area contributed by atoms with Gasteiger partial charge in [-0.25, -0.2) is 0 Å². The molecule has 1 aliphatic heterocycles. The Labute approximate surface area is 111 Å². The van der Waals surface area contributed by atoms with Crippen molar-refractivity contribution in [2.24, 2.45) is 0 Å². The van der Waals surface area contributed by atoms with E-state index < -0.39 is 12.7 Å². The zero-order chi connectivity index (χ0) is 14.5. The van der Waals surface area contributed by atoms with Crippen molar-refractivity contribution in [2.75, 3.05) is 39.3 Å². The van der Waals surface area contributed by atoms with Crippen LogP contribution >= 0.6 is 0 Å². The van der Waals surface area contributed by atoms with Crippen LogP contribution in [-0.2, 0) is 4.79 Å². The summed E-state index contributed by atoms with van der Waals surface area (Å²) in [5.74, 6) is 0.0140. The summed E-state index contributed by atoms with van der Waals surface area (Å²) in [6.07, 6.45) is -3.77. The molecule has 0 aliphatic carbocycles. The number of carbonyl (C=O) groups excluding carboxylic acids is 1. The van der Waals surface area contributed by atoms with Crippen LogP contribution in [0.4, 0.5) is 13.2 Å². The molecule has 1 amide bonds. The summed E-state index contributed by atoms with van der Waals surface area (Å²) in [5.41, 5.74) is 0. The van der Waals surface area contributed by atoms with Crippen LogP contribution in [0.25, 0.3) is 0 Å². The summed E-state index contributed by atoms with van der Waals surface area (Å²) in [6, 6.07) is 0.103. The van der Waals surface area contributed by atoms with Gasteiger partial charge in [-0.3, -0.25) is 9.69 Å². The average molecular weight is 281 g/mol. The van der Waals surface area contributed by atoms with Crippen LogP contribution in [0, 0.1) is 0 Å². The first-order valence-electron chi connectivity index (χ1n) is 6.62. The molecule has 0 aromatic carbocycles. The molecule has 1 aliphatic rings. The Kier molecular flexibility index (Phi) is 6.06. The molecule has 7 heteroatoms. The van der Waals surface area contributed by atoms with E-state index in [2.05, 4.69) is 5.32 Å². The molecule has 0 saturated carbocycles. The number of nitrogens with one attached hydrogen (secondary N) is 1. The van der Waals surface area contributed by atoms with Crippen LogP contribution in [0.15, 0.2) is 0 Å². The highest BCUT2D eigenvalue weighted by atomic mass is 19.4. The maximum atomic E-state index is 12.2. The van der Waals surface area contributed by atoms with Crippen molar-refractivity contribution in [3.8, 4) is 0 Å². The van der Waals surface area contributed by atoms with Gasteiger partial charge in [0.25, 0.3) is 0 Å². The second kappa shape index (κ2) is 7.09. The minimum Gasteiger partial charge on any atom is -0.340 e. The molecule has 0 aromatic heterocycles. The number of rotatable bonds is 5. The number of alkyl halides is 3. The third-order valence-corrected chi connectivity index (χ3v) is 3.16. The summed E-state index contributed by atoms with van der Waals surface area (Å²) in [5, 5.41) is 3.15. The lowest BCUT2D eigenvalue weighted by molar-refractivity contribution is -0.151. The van der Waals surface area contributed by atoms with Gasteiger partial charge in [0.15, 0.2) is 0 Å². The van der Waals surface area contributed by atoms with Gasteiger partial charge in [0.1, 0.15) is 0 Å². The van der Waals surface area contributed by atoms with Crippen molar-refractivity contribution in [3.05, 3.63) is 0 Å². The van der Waals surface area contributed by atoms with E-state index in [0.717, 1.165) is 6.54 Å². The molecule has 4 nitrogen and oxygen atoms in total. The standard InChI is InChI=1S/C12H22F3N3O/c1-3-16-10(2)8-11(19)18-6-4-17(5-7-18)9-12(13,14)15/h10,16H,3-9H2,1-2H3. The topological polar surface area (TPSA) is 35.6 Å². The largest absolute Gasteiger partial charge is 0.401 e. The molecular weight excluding hydrogens is 259 g/mol. The van der Waals surface area contributed by atoms with Crippen LogP contribution in [0.3, 0.4) is 0 Å². The Bertz CT molecular complexity index is 288. The molecule has 0 spiro atoms. The normalized spacial score (nSPS) is 19.5. The van der Waals surface area contributed by atoms with Crippen LogP contribution in [-0.4, -0.2) is 67.2 Å². The van der Waals surface area contributed by atoms with Crippen molar-refractivity contribution in [1.29, 1.82) is 0 Å². The van der Waals surface area contributed by atoms with E-state index in [9.17, 15) is 18.0 Å². The molecule has 0 aromatic rings.